The molecule has 5 aromatic rings. The first-order valence-corrected chi connectivity index (χ1v) is 11.1. The van der Waals surface area contributed by atoms with Crippen molar-refractivity contribution in [3.63, 3.8) is 0 Å². The van der Waals surface area contributed by atoms with Gasteiger partial charge in [-0.25, -0.2) is 13.4 Å². The van der Waals surface area contributed by atoms with Crippen molar-refractivity contribution in [2.45, 2.75) is 4.90 Å². The van der Waals surface area contributed by atoms with E-state index < -0.39 is 10.0 Å². The minimum atomic E-state index is -3.80. The Labute approximate surface area is 171 Å². The molecule has 0 spiro atoms. The van der Waals surface area contributed by atoms with Gasteiger partial charge in [0, 0.05) is 35.2 Å². The van der Waals surface area contributed by atoms with E-state index in [-0.39, 0.29) is 4.90 Å². The van der Waals surface area contributed by atoms with Crippen molar-refractivity contribution < 1.29 is 8.42 Å². The van der Waals surface area contributed by atoms with E-state index in [0.29, 0.717) is 11.2 Å². The van der Waals surface area contributed by atoms with Crippen LogP contribution in [-0.4, -0.2) is 23.4 Å². The highest BCUT2D eigenvalue weighted by Gasteiger charge is 2.18. The standard InChI is InChI=1S/C21H14N4O2S2/c26-29(27,19-8-2-4-14-6-3-10-23-20(14)19)25-16-7-1-5-15(12-16)21-24-17-9-11-22-13-18(17)28-21/h1-13,25H. The van der Waals surface area contributed by atoms with Gasteiger partial charge in [-0.2, -0.15) is 0 Å². The number of rotatable bonds is 4. The Balaban J connectivity index is 1.52. The summed E-state index contributed by atoms with van der Waals surface area (Å²) in [7, 11) is -3.80. The van der Waals surface area contributed by atoms with Gasteiger partial charge in [0.25, 0.3) is 10.0 Å². The third-order valence-corrected chi connectivity index (χ3v) is 6.91. The van der Waals surface area contributed by atoms with Crippen LogP contribution in [0.2, 0.25) is 0 Å². The van der Waals surface area contributed by atoms with E-state index in [1.165, 1.54) is 11.3 Å². The average Bonchev–Trinajstić information content (AvgIpc) is 3.17. The van der Waals surface area contributed by atoms with Crippen molar-refractivity contribution in [3.05, 3.63) is 79.3 Å². The Bertz CT molecular complexity index is 1420. The highest BCUT2D eigenvalue weighted by Crippen LogP contribution is 2.31. The maximum absolute atomic E-state index is 13.0. The first-order chi connectivity index (χ1) is 14.1. The van der Waals surface area contributed by atoms with Crippen molar-refractivity contribution in [1.82, 2.24) is 15.0 Å². The van der Waals surface area contributed by atoms with E-state index in [9.17, 15) is 8.42 Å². The second kappa shape index (κ2) is 6.91. The lowest BCUT2D eigenvalue weighted by atomic mass is 10.2. The number of fused-ring (bicyclic) bond motifs is 2. The molecule has 2 aromatic carbocycles. The normalized spacial score (nSPS) is 11.7. The third-order valence-electron chi connectivity index (χ3n) is 4.44. The van der Waals surface area contributed by atoms with Crippen molar-refractivity contribution in [2.75, 3.05) is 4.72 Å². The Kier molecular flexibility index (Phi) is 4.22. The molecule has 0 aliphatic carbocycles. The maximum atomic E-state index is 13.0. The fraction of sp³-hybridized carbons (Fsp3) is 0. The minimum absolute atomic E-state index is 0.145. The molecule has 0 radical (unpaired) electrons. The number of hydrogen-bond acceptors (Lipinski definition) is 6. The smallest absolute Gasteiger partial charge is 0.264 e. The lowest BCUT2D eigenvalue weighted by Gasteiger charge is -2.10. The van der Waals surface area contributed by atoms with Crippen LogP contribution in [0, 0.1) is 0 Å². The van der Waals surface area contributed by atoms with Gasteiger partial charge in [0.15, 0.2) is 0 Å². The number of sulfonamides is 1. The van der Waals surface area contributed by atoms with Crippen molar-refractivity contribution in [2.24, 2.45) is 0 Å². The molecule has 29 heavy (non-hydrogen) atoms. The van der Waals surface area contributed by atoms with Crippen LogP contribution < -0.4 is 4.72 Å². The van der Waals surface area contributed by atoms with Crippen molar-refractivity contribution in [1.29, 1.82) is 0 Å². The number of aromatic nitrogens is 3. The third kappa shape index (κ3) is 3.32. The highest BCUT2D eigenvalue weighted by atomic mass is 32.2. The fourth-order valence-corrected chi connectivity index (χ4v) is 5.28. The topological polar surface area (TPSA) is 84.8 Å². The molecule has 0 amide bonds. The Hall–Kier alpha value is -3.36. The summed E-state index contributed by atoms with van der Waals surface area (Å²) in [5.41, 5.74) is 2.61. The van der Waals surface area contributed by atoms with Gasteiger partial charge in [0.1, 0.15) is 9.90 Å². The largest absolute Gasteiger partial charge is 0.280 e. The number of thiazole rings is 1. The fourth-order valence-electron chi connectivity index (χ4n) is 3.12. The predicted octanol–water partition coefficient (Wildman–Crippen LogP) is 4.71. The van der Waals surface area contributed by atoms with Crippen LogP contribution in [0.1, 0.15) is 0 Å². The number of anilines is 1. The minimum Gasteiger partial charge on any atom is -0.280 e. The van der Waals surface area contributed by atoms with Gasteiger partial charge in [-0.1, -0.05) is 30.3 Å². The Morgan fingerprint density at radius 2 is 1.79 bits per heavy atom. The number of hydrogen-bond donors (Lipinski definition) is 1. The average molecular weight is 419 g/mol. The lowest BCUT2D eigenvalue weighted by molar-refractivity contribution is 0.602. The molecule has 0 atom stereocenters. The van der Waals surface area contributed by atoms with Crippen LogP contribution in [0.5, 0.6) is 0 Å². The lowest BCUT2D eigenvalue weighted by Crippen LogP contribution is -2.13. The molecule has 1 N–H and O–H groups in total. The summed E-state index contributed by atoms with van der Waals surface area (Å²) in [4.78, 5) is 13.1. The molecule has 0 bridgehead atoms. The number of nitrogens with zero attached hydrogens (tertiary/aromatic N) is 3. The van der Waals surface area contributed by atoms with Gasteiger partial charge in [0.2, 0.25) is 0 Å². The molecule has 0 saturated heterocycles. The monoisotopic (exact) mass is 418 g/mol. The van der Waals surface area contributed by atoms with E-state index in [1.807, 2.05) is 24.3 Å². The van der Waals surface area contributed by atoms with Crippen LogP contribution in [0.3, 0.4) is 0 Å². The Morgan fingerprint density at radius 3 is 2.69 bits per heavy atom. The van der Waals surface area contributed by atoms with E-state index in [0.717, 1.165) is 26.2 Å². The number of para-hydroxylation sites is 1. The quantitative estimate of drug-likeness (QED) is 0.457. The Morgan fingerprint density at radius 1 is 0.931 bits per heavy atom. The van der Waals surface area contributed by atoms with E-state index in [4.69, 9.17) is 0 Å². The van der Waals surface area contributed by atoms with Gasteiger partial charge < -0.3 is 0 Å². The molecule has 142 valence electrons. The van der Waals surface area contributed by atoms with Crippen molar-refractivity contribution >= 4 is 48.2 Å². The van der Waals surface area contributed by atoms with Gasteiger partial charge in [0.05, 0.1) is 15.7 Å². The van der Waals surface area contributed by atoms with Crippen LogP contribution >= 0.6 is 11.3 Å². The summed E-state index contributed by atoms with van der Waals surface area (Å²) < 4.78 is 29.7. The second-order valence-corrected chi connectivity index (χ2v) is 9.06. The maximum Gasteiger partial charge on any atom is 0.264 e. The molecule has 0 fully saturated rings. The number of nitrogens with one attached hydrogen (secondary N) is 1. The second-order valence-electron chi connectivity index (χ2n) is 6.38. The molecular weight excluding hydrogens is 404 g/mol. The molecule has 3 aromatic heterocycles. The molecule has 0 aliphatic heterocycles. The number of pyridine rings is 2. The van der Waals surface area contributed by atoms with Crippen molar-refractivity contribution in [3.8, 4) is 10.6 Å². The van der Waals surface area contributed by atoms with E-state index in [1.54, 1.807) is 55.0 Å². The summed E-state index contributed by atoms with van der Waals surface area (Å²) in [5.74, 6) is 0. The van der Waals surface area contributed by atoms with Gasteiger partial charge in [-0.3, -0.25) is 14.7 Å². The molecule has 0 saturated carbocycles. The van der Waals surface area contributed by atoms with E-state index in [2.05, 4.69) is 19.7 Å². The first kappa shape index (κ1) is 17.7. The van der Waals surface area contributed by atoms with Crippen LogP contribution in [0.4, 0.5) is 5.69 Å². The van der Waals surface area contributed by atoms with Crippen LogP contribution in [-0.2, 0) is 10.0 Å². The van der Waals surface area contributed by atoms with Crippen LogP contribution in [0.25, 0.3) is 31.7 Å². The van der Waals surface area contributed by atoms with E-state index >= 15 is 0 Å². The van der Waals surface area contributed by atoms with Gasteiger partial charge in [-0.05, 0) is 30.3 Å². The zero-order chi connectivity index (χ0) is 19.8. The molecule has 0 aliphatic rings. The molecule has 8 heteroatoms. The summed E-state index contributed by atoms with van der Waals surface area (Å²) in [5, 5.41) is 1.58. The van der Waals surface area contributed by atoms with Gasteiger partial charge in [-0.15, -0.1) is 11.3 Å². The molecule has 6 nitrogen and oxygen atoms in total. The molecule has 0 unspecified atom stereocenters. The summed E-state index contributed by atoms with van der Waals surface area (Å²) in [6.45, 7) is 0. The van der Waals surface area contributed by atoms with Gasteiger partial charge >= 0.3 is 0 Å². The summed E-state index contributed by atoms with van der Waals surface area (Å²) in [6.07, 6.45) is 5.06. The molecular formula is C21H14N4O2S2. The predicted molar refractivity (Wildman–Crippen MR) is 115 cm³/mol. The molecule has 5 rings (SSSR count). The SMILES string of the molecule is O=S(=O)(Nc1cccc(-c2nc3ccncc3s2)c1)c1cccc2cccnc12. The summed E-state index contributed by atoms with van der Waals surface area (Å²) >= 11 is 1.51. The molecule has 3 heterocycles. The summed E-state index contributed by atoms with van der Waals surface area (Å²) in [6, 6.07) is 17.8. The zero-order valence-electron chi connectivity index (χ0n) is 15.0. The number of benzene rings is 2. The van der Waals surface area contributed by atoms with Crippen LogP contribution in [0.15, 0.2) is 84.1 Å². The zero-order valence-corrected chi connectivity index (χ0v) is 16.6. The highest BCUT2D eigenvalue weighted by molar-refractivity contribution is 7.93. The first-order valence-electron chi connectivity index (χ1n) is 8.78.